The summed E-state index contributed by atoms with van der Waals surface area (Å²) in [5.41, 5.74) is 5.27. The third-order valence-corrected chi connectivity index (χ3v) is 8.23. The standard InChI is InChI=1S/C23H26FN6O10PS/c1-2-7-36-19-18(12(8-31)38-22(19)29-6-4-14(32)28-23(29)34)40-41(35,42)37-9-13-17(33)15(24)21(39-13)30-10-27-16-11(25)3-5-26-20(16)30/h1,3-6,10,12-13,15,17-19,21-22,31,33H,7-9H2,(H2,25,26)(H,35,42)(H,28,32,34)/t12-,13-,15+,17?,18?,19+,21-,22-,41?/m1/s1. The fraction of sp³-hybridized carbons (Fsp3) is 0.478. The number of imidazole rings is 1. The summed E-state index contributed by atoms with van der Waals surface area (Å²) in [5.74, 6) is 2.26. The fourth-order valence-electron chi connectivity index (χ4n) is 4.71. The number of anilines is 1. The summed E-state index contributed by atoms with van der Waals surface area (Å²) in [7, 11) is 0. The largest absolute Gasteiger partial charge is 0.397 e. The minimum Gasteiger partial charge on any atom is -0.397 e. The van der Waals surface area contributed by atoms with Crippen molar-refractivity contribution < 1.29 is 42.8 Å². The molecule has 0 amide bonds. The van der Waals surface area contributed by atoms with Gasteiger partial charge in [-0.05, 0) is 17.9 Å². The van der Waals surface area contributed by atoms with Gasteiger partial charge in [-0.15, -0.1) is 6.42 Å². The van der Waals surface area contributed by atoms with Crippen molar-refractivity contribution in [1.29, 1.82) is 0 Å². The lowest BCUT2D eigenvalue weighted by Gasteiger charge is -2.28. The number of H-pyrrole nitrogens is 1. The third-order valence-electron chi connectivity index (χ3n) is 6.67. The van der Waals surface area contributed by atoms with Crippen LogP contribution in [0.1, 0.15) is 12.5 Å². The lowest BCUT2D eigenvalue weighted by atomic mass is 10.1. The number of hydrogen-bond donors (Lipinski definition) is 5. The van der Waals surface area contributed by atoms with E-state index in [-0.39, 0.29) is 12.3 Å². The average molecular weight is 629 g/mol. The topological polar surface area (TPSA) is 218 Å². The Morgan fingerprint density at radius 3 is 2.69 bits per heavy atom. The molecule has 19 heteroatoms. The molecule has 0 aromatic carbocycles. The molecule has 2 saturated heterocycles. The summed E-state index contributed by atoms with van der Waals surface area (Å²) < 4.78 is 45.5. The van der Waals surface area contributed by atoms with Crippen LogP contribution in [-0.4, -0.2) is 95.7 Å². The molecule has 2 aliphatic rings. The number of ether oxygens (including phenoxy) is 3. The minimum absolute atomic E-state index is 0.234. The minimum atomic E-state index is -4.22. The second kappa shape index (κ2) is 12.3. The third kappa shape index (κ3) is 5.89. The number of pyridine rings is 1. The summed E-state index contributed by atoms with van der Waals surface area (Å²) >= 11 is 5.14. The molecule has 3 aromatic rings. The first-order valence-corrected chi connectivity index (χ1v) is 15.0. The van der Waals surface area contributed by atoms with Gasteiger partial charge in [-0.25, -0.2) is 19.2 Å². The van der Waals surface area contributed by atoms with Crippen LogP contribution >= 0.6 is 6.72 Å². The Hall–Kier alpha value is -3.08. The van der Waals surface area contributed by atoms with Crippen molar-refractivity contribution in [2.24, 2.45) is 0 Å². The number of hydrogen-bond acceptors (Lipinski definition) is 13. The number of alkyl halides is 1. The molecule has 42 heavy (non-hydrogen) atoms. The molecule has 2 aliphatic heterocycles. The molecule has 226 valence electrons. The summed E-state index contributed by atoms with van der Waals surface area (Å²) in [4.78, 5) is 45.1. The number of aromatic amines is 1. The van der Waals surface area contributed by atoms with Gasteiger partial charge in [0.25, 0.3) is 5.56 Å². The van der Waals surface area contributed by atoms with Crippen LogP contribution in [0.3, 0.4) is 0 Å². The van der Waals surface area contributed by atoms with Gasteiger partial charge in [0.05, 0.1) is 25.2 Å². The molecule has 3 unspecified atom stereocenters. The molecule has 2 fully saturated rings. The van der Waals surface area contributed by atoms with Gasteiger partial charge < -0.3 is 39.6 Å². The van der Waals surface area contributed by atoms with Crippen molar-refractivity contribution in [3.05, 3.63) is 51.7 Å². The van der Waals surface area contributed by atoms with Crippen LogP contribution in [0.2, 0.25) is 0 Å². The van der Waals surface area contributed by atoms with Crippen molar-refractivity contribution in [3.8, 4) is 12.3 Å². The highest BCUT2D eigenvalue weighted by Gasteiger charge is 2.50. The number of aliphatic hydroxyl groups excluding tert-OH is 2. The van der Waals surface area contributed by atoms with Gasteiger partial charge in [-0.1, -0.05) is 5.92 Å². The van der Waals surface area contributed by atoms with E-state index in [9.17, 15) is 24.7 Å². The highest BCUT2D eigenvalue weighted by Crippen LogP contribution is 2.50. The van der Waals surface area contributed by atoms with E-state index >= 15 is 4.39 Å². The highest BCUT2D eigenvalue weighted by atomic mass is 32.5. The Labute approximate surface area is 241 Å². The Kier molecular flexibility index (Phi) is 8.87. The SMILES string of the molecule is C#CCO[C@H]1C(OP(O)(=S)OC[C@H]2O[C@@H](n3cnc4c(N)ccnc43)[C@@H](F)C2O)[C@@H](CO)O[C@H]1n1ccc(=O)[nH]c1=O. The molecular weight excluding hydrogens is 602 g/mol. The van der Waals surface area contributed by atoms with E-state index in [0.29, 0.717) is 11.2 Å². The van der Waals surface area contributed by atoms with Gasteiger partial charge in [-0.2, -0.15) is 0 Å². The first-order valence-electron chi connectivity index (χ1n) is 12.4. The molecule has 16 nitrogen and oxygen atoms in total. The first kappa shape index (κ1) is 30.4. The number of nitrogen functional groups attached to an aromatic ring is 1. The van der Waals surface area contributed by atoms with Crippen LogP contribution in [0.15, 0.2) is 40.4 Å². The zero-order valence-electron chi connectivity index (χ0n) is 21.5. The van der Waals surface area contributed by atoms with E-state index in [1.807, 2.05) is 0 Å². The lowest BCUT2D eigenvalue weighted by Crippen LogP contribution is -2.40. The van der Waals surface area contributed by atoms with Crippen LogP contribution in [0.4, 0.5) is 10.1 Å². The van der Waals surface area contributed by atoms with Gasteiger partial charge >= 0.3 is 12.4 Å². The van der Waals surface area contributed by atoms with Gasteiger partial charge in [0, 0.05) is 18.5 Å². The zero-order chi connectivity index (χ0) is 30.2. The molecule has 0 radical (unpaired) electrons. The van der Waals surface area contributed by atoms with E-state index in [4.69, 9.17) is 47.2 Å². The molecule has 5 rings (SSSR count). The predicted octanol–water partition coefficient (Wildman–Crippen LogP) is -1.31. The molecule has 0 aliphatic carbocycles. The molecule has 5 heterocycles. The Morgan fingerprint density at radius 2 is 1.98 bits per heavy atom. The number of nitrogens with zero attached hydrogens (tertiary/aromatic N) is 4. The van der Waals surface area contributed by atoms with Crippen molar-refractivity contribution in [2.45, 2.75) is 49.1 Å². The molecule has 0 bridgehead atoms. The number of fused-ring (bicyclic) bond motifs is 1. The summed E-state index contributed by atoms with van der Waals surface area (Å²) in [6.07, 6.45) is -2.06. The van der Waals surface area contributed by atoms with E-state index in [2.05, 4.69) is 20.9 Å². The van der Waals surface area contributed by atoms with Gasteiger partial charge in [0.2, 0.25) is 0 Å². The average Bonchev–Trinajstić information content (AvgIpc) is 3.61. The number of aliphatic hydroxyl groups is 2. The zero-order valence-corrected chi connectivity index (χ0v) is 23.2. The number of aromatic nitrogens is 5. The molecular formula is C23H26FN6O10PS. The fourth-order valence-corrected chi connectivity index (χ4v) is 6.15. The second-order valence-electron chi connectivity index (χ2n) is 9.30. The number of rotatable bonds is 10. The van der Waals surface area contributed by atoms with Crippen LogP contribution in [0, 0.1) is 12.3 Å². The van der Waals surface area contributed by atoms with Gasteiger partial charge in [-0.3, -0.25) is 23.4 Å². The molecule has 9 atom stereocenters. The van der Waals surface area contributed by atoms with Crippen LogP contribution < -0.4 is 17.0 Å². The van der Waals surface area contributed by atoms with E-state index < -0.39 is 80.3 Å². The van der Waals surface area contributed by atoms with Crippen LogP contribution in [0.5, 0.6) is 0 Å². The second-order valence-corrected chi connectivity index (χ2v) is 12.1. The summed E-state index contributed by atoms with van der Waals surface area (Å²) in [6.45, 7) is -5.75. The molecule has 3 aromatic heterocycles. The van der Waals surface area contributed by atoms with E-state index in [1.54, 1.807) is 0 Å². The first-order chi connectivity index (χ1) is 20.0. The van der Waals surface area contributed by atoms with Crippen molar-refractivity contribution >= 4 is 35.4 Å². The van der Waals surface area contributed by atoms with E-state index in [0.717, 1.165) is 16.8 Å². The molecule has 6 N–H and O–H groups in total. The number of nitrogens with two attached hydrogens (primary N) is 1. The highest BCUT2D eigenvalue weighted by molar-refractivity contribution is 8.07. The van der Waals surface area contributed by atoms with Gasteiger partial charge in [0.1, 0.15) is 42.6 Å². The molecule has 0 spiro atoms. The maximum atomic E-state index is 15.1. The van der Waals surface area contributed by atoms with Crippen LogP contribution in [-0.2, 0) is 35.1 Å². The van der Waals surface area contributed by atoms with Crippen molar-refractivity contribution in [2.75, 3.05) is 25.6 Å². The van der Waals surface area contributed by atoms with Crippen molar-refractivity contribution in [1.82, 2.24) is 24.1 Å². The maximum Gasteiger partial charge on any atom is 0.330 e. The maximum absolute atomic E-state index is 15.1. The normalized spacial score (nSPS) is 30.8. The van der Waals surface area contributed by atoms with Gasteiger partial charge in [0.15, 0.2) is 24.3 Å². The summed E-state index contributed by atoms with van der Waals surface area (Å²) in [5, 5.41) is 20.4. The van der Waals surface area contributed by atoms with E-state index in [1.165, 1.54) is 23.2 Å². The summed E-state index contributed by atoms with van der Waals surface area (Å²) in [6, 6.07) is 2.60. The monoisotopic (exact) mass is 628 g/mol. The van der Waals surface area contributed by atoms with Crippen molar-refractivity contribution in [3.63, 3.8) is 0 Å². The Balaban J connectivity index is 1.30. The quantitative estimate of drug-likeness (QED) is 0.130. The molecule has 0 saturated carbocycles. The lowest BCUT2D eigenvalue weighted by molar-refractivity contribution is -0.0678. The Morgan fingerprint density at radius 1 is 1.21 bits per heavy atom. The smallest absolute Gasteiger partial charge is 0.330 e. The van der Waals surface area contributed by atoms with Crippen LogP contribution in [0.25, 0.3) is 11.2 Å². The predicted molar refractivity (Wildman–Crippen MR) is 145 cm³/mol. The number of halogens is 1. The number of nitrogens with one attached hydrogen (secondary N) is 1. The number of terminal acetylenes is 1. The Bertz CT molecular complexity index is 1650.